The molecule has 0 spiro atoms. The SMILES string of the molecule is O=C(O)C[n+]1c(C=C2Sc3ccc(-c4cc5ccccc5s4)cc3N2CCCS(=O)(=O)O)sc2ccc(Cl)cc21. The average Bonchev–Trinajstić information content (AvgIpc) is 3.57. The van der Waals surface area contributed by atoms with Crippen molar-refractivity contribution in [2.24, 2.45) is 0 Å². The number of aromatic nitrogens is 1. The molecule has 0 unspecified atom stereocenters. The van der Waals surface area contributed by atoms with E-state index in [1.165, 1.54) is 21.4 Å². The van der Waals surface area contributed by atoms with Crippen molar-refractivity contribution in [2.75, 3.05) is 17.2 Å². The van der Waals surface area contributed by atoms with Crippen molar-refractivity contribution in [2.45, 2.75) is 17.9 Å². The zero-order chi connectivity index (χ0) is 28.0. The molecule has 1 aliphatic rings. The first-order valence-electron chi connectivity index (χ1n) is 12.2. The average molecular weight is 630 g/mol. The monoisotopic (exact) mass is 629 g/mol. The molecule has 0 fully saturated rings. The Morgan fingerprint density at radius 3 is 2.62 bits per heavy atom. The van der Waals surface area contributed by atoms with Crippen LogP contribution in [0.3, 0.4) is 0 Å². The Labute approximate surface area is 247 Å². The number of carboxylic acids is 1. The molecular formula is C28H22ClN2O5S4+. The number of aliphatic carboxylic acids is 1. The minimum atomic E-state index is -4.11. The lowest BCUT2D eigenvalue weighted by atomic mass is 10.1. The van der Waals surface area contributed by atoms with E-state index in [4.69, 9.17) is 11.6 Å². The molecule has 3 heterocycles. The summed E-state index contributed by atoms with van der Waals surface area (Å²) in [5.41, 5.74) is 2.73. The first kappa shape index (κ1) is 27.3. The molecule has 0 bridgehead atoms. The van der Waals surface area contributed by atoms with Gasteiger partial charge in [-0.1, -0.05) is 59.0 Å². The number of anilines is 1. The lowest BCUT2D eigenvalue weighted by Crippen LogP contribution is -2.39. The summed E-state index contributed by atoms with van der Waals surface area (Å²) in [4.78, 5) is 15.9. The Balaban J connectivity index is 1.43. The molecule has 5 aromatic rings. The van der Waals surface area contributed by atoms with E-state index in [9.17, 15) is 22.9 Å². The fourth-order valence-corrected chi connectivity index (χ4v) is 8.69. The van der Waals surface area contributed by atoms with E-state index in [1.807, 2.05) is 29.2 Å². The topological polar surface area (TPSA) is 98.8 Å². The first-order valence-corrected chi connectivity index (χ1v) is 16.7. The number of nitrogens with zero attached hydrogens (tertiary/aromatic N) is 2. The quantitative estimate of drug-likeness (QED) is 0.141. The van der Waals surface area contributed by atoms with E-state index < -0.39 is 16.1 Å². The molecular weight excluding hydrogens is 608 g/mol. The van der Waals surface area contributed by atoms with Crippen LogP contribution in [-0.2, 0) is 21.5 Å². The van der Waals surface area contributed by atoms with E-state index in [0.29, 0.717) is 11.6 Å². The highest BCUT2D eigenvalue weighted by Crippen LogP contribution is 2.49. The van der Waals surface area contributed by atoms with Gasteiger partial charge < -0.3 is 10.0 Å². The maximum atomic E-state index is 11.7. The molecule has 0 aliphatic carbocycles. The number of thiazole rings is 1. The van der Waals surface area contributed by atoms with E-state index in [-0.39, 0.29) is 18.7 Å². The van der Waals surface area contributed by atoms with Crippen molar-refractivity contribution in [3.05, 3.63) is 81.8 Å². The smallest absolute Gasteiger partial charge is 0.370 e. The number of carboxylic acid groups (broad SMARTS) is 1. The van der Waals surface area contributed by atoms with Gasteiger partial charge in [0.2, 0.25) is 12.1 Å². The van der Waals surface area contributed by atoms with Crippen LogP contribution < -0.4 is 9.47 Å². The maximum Gasteiger partial charge on any atom is 0.370 e. The van der Waals surface area contributed by atoms with Crippen molar-refractivity contribution in [1.82, 2.24) is 0 Å². The van der Waals surface area contributed by atoms with Crippen molar-refractivity contribution >= 4 is 94.2 Å². The van der Waals surface area contributed by atoms with Gasteiger partial charge in [-0.15, -0.1) is 11.3 Å². The molecule has 0 amide bonds. The number of thioether (sulfide) groups is 1. The van der Waals surface area contributed by atoms with Crippen LogP contribution in [0.5, 0.6) is 0 Å². The summed E-state index contributed by atoms with van der Waals surface area (Å²) in [5.74, 6) is -1.32. The summed E-state index contributed by atoms with van der Waals surface area (Å²) >= 11 is 10.9. The summed E-state index contributed by atoms with van der Waals surface area (Å²) in [7, 11) is -4.11. The van der Waals surface area contributed by atoms with Crippen molar-refractivity contribution in [3.63, 3.8) is 0 Å². The van der Waals surface area contributed by atoms with Crippen molar-refractivity contribution in [1.29, 1.82) is 0 Å². The minimum absolute atomic E-state index is 0.223. The van der Waals surface area contributed by atoms with E-state index in [1.54, 1.807) is 39.8 Å². The molecule has 2 N–H and O–H groups in total. The Kier molecular flexibility index (Phi) is 7.36. The molecule has 6 rings (SSSR count). The molecule has 7 nitrogen and oxygen atoms in total. The van der Waals surface area contributed by atoms with Crippen LogP contribution in [0.4, 0.5) is 5.69 Å². The van der Waals surface area contributed by atoms with E-state index in [0.717, 1.165) is 41.3 Å². The zero-order valence-corrected chi connectivity index (χ0v) is 24.8. The molecule has 1 aliphatic heterocycles. The second-order valence-electron chi connectivity index (χ2n) is 9.24. The van der Waals surface area contributed by atoms with Gasteiger partial charge in [-0.05, 0) is 53.8 Å². The number of fused-ring (bicyclic) bond motifs is 3. The van der Waals surface area contributed by atoms with Crippen molar-refractivity contribution < 1.29 is 27.4 Å². The third-order valence-electron chi connectivity index (χ3n) is 6.46. The van der Waals surface area contributed by atoms with Crippen LogP contribution in [0, 0.1) is 0 Å². The fraction of sp³-hybridized carbons (Fsp3) is 0.143. The van der Waals surface area contributed by atoms with Gasteiger partial charge in [0, 0.05) is 32.1 Å². The zero-order valence-electron chi connectivity index (χ0n) is 20.8. The molecule has 3 aromatic carbocycles. The number of carbonyl (C=O) groups is 1. The van der Waals surface area contributed by atoms with Crippen LogP contribution in [0.2, 0.25) is 5.02 Å². The first-order chi connectivity index (χ1) is 19.1. The highest BCUT2D eigenvalue weighted by atomic mass is 35.5. The lowest BCUT2D eigenvalue weighted by molar-refractivity contribution is -0.657. The third kappa shape index (κ3) is 5.63. The Morgan fingerprint density at radius 1 is 1.02 bits per heavy atom. The highest BCUT2D eigenvalue weighted by molar-refractivity contribution is 8.04. The molecule has 40 heavy (non-hydrogen) atoms. The number of benzene rings is 3. The van der Waals surface area contributed by atoms with E-state index >= 15 is 0 Å². The maximum absolute atomic E-state index is 11.7. The van der Waals surface area contributed by atoms with Gasteiger partial charge in [-0.25, -0.2) is 4.79 Å². The number of hydrogen-bond donors (Lipinski definition) is 2. The van der Waals surface area contributed by atoms with Gasteiger partial charge in [0.1, 0.15) is 4.70 Å². The van der Waals surface area contributed by atoms with Crippen molar-refractivity contribution in [3.8, 4) is 10.4 Å². The van der Waals surface area contributed by atoms with Crippen LogP contribution in [0.15, 0.2) is 76.7 Å². The molecule has 0 radical (unpaired) electrons. The molecule has 0 atom stereocenters. The van der Waals surface area contributed by atoms with E-state index in [2.05, 4.69) is 36.4 Å². The predicted octanol–water partition coefficient (Wildman–Crippen LogP) is 7.00. The fourth-order valence-electron chi connectivity index (χ4n) is 4.71. The minimum Gasteiger partial charge on any atom is -0.477 e. The highest BCUT2D eigenvalue weighted by Gasteiger charge is 2.29. The van der Waals surface area contributed by atoms with Gasteiger partial charge in [0.25, 0.3) is 15.1 Å². The van der Waals surface area contributed by atoms with Crippen LogP contribution in [0.1, 0.15) is 11.4 Å². The van der Waals surface area contributed by atoms with Gasteiger partial charge in [-0.3, -0.25) is 4.55 Å². The summed E-state index contributed by atoms with van der Waals surface area (Å²) < 4.78 is 36.1. The summed E-state index contributed by atoms with van der Waals surface area (Å²) in [6, 6.07) is 22.1. The molecule has 12 heteroatoms. The normalized spacial score (nSPS) is 14.4. The van der Waals surface area contributed by atoms with Gasteiger partial charge in [0.05, 0.1) is 22.5 Å². The predicted molar refractivity (Wildman–Crippen MR) is 164 cm³/mol. The number of halogens is 1. The second kappa shape index (κ2) is 10.8. The Bertz CT molecular complexity index is 1900. The number of thiophene rings is 1. The largest absolute Gasteiger partial charge is 0.477 e. The lowest BCUT2D eigenvalue weighted by Gasteiger charge is -2.20. The van der Waals surface area contributed by atoms with Crippen LogP contribution >= 0.6 is 46.0 Å². The van der Waals surface area contributed by atoms with Gasteiger partial charge in [-0.2, -0.15) is 13.0 Å². The molecule has 0 saturated heterocycles. The van der Waals surface area contributed by atoms with Crippen LogP contribution in [-0.4, -0.2) is 36.3 Å². The second-order valence-corrected chi connectivity index (χ2v) is 14.5. The Morgan fingerprint density at radius 2 is 1.85 bits per heavy atom. The summed E-state index contributed by atoms with van der Waals surface area (Å²) in [6.07, 6.45) is 2.17. The Hall–Kier alpha value is -2.93. The summed E-state index contributed by atoms with van der Waals surface area (Å²) in [6.45, 7) is 0.132. The number of hydrogen-bond acceptors (Lipinski definition) is 7. The van der Waals surface area contributed by atoms with Crippen LogP contribution in [0.25, 0.3) is 36.8 Å². The third-order valence-corrected chi connectivity index (χ3v) is 10.9. The van der Waals surface area contributed by atoms with Gasteiger partial charge in [0.15, 0.2) is 0 Å². The van der Waals surface area contributed by atoms with Gasteiger partial charge >= 0.3 is 5.97 Å². The molecule has 2 aromatic heterocycles. The number of rotatable bonds is 8. The summed E-state index contributed by atoms with van der Waals surface area (Å²) in [5, 5.41) is 12.9. The molecule has 0 saturated carbocycles. The molecule has 204 valence electrons. The standard InChI is InChI=1S/C28H21ClN2O5S4/c29-19-7-9-24-21(14-19)31(16-28(32)33)27(39-24)15-26-30(10-3-11-40(34,35)36)20-12-18(6-8-23(20)38-26)25-13-17-4-1-2-5-22(17)37-25/h1-2,4-9,12-15H,3,10-11,16H2,(H-,32,33,34,35,36)/p+1.